The van der Waals surface area contributed by atoms with Gasteiger partial charge in [0.2, 0.25) is 10.0 Å². The molecule has 3 rings (SSSR count). The minimum absolute atomic E-state index is 0.104. The Morgan fingerprint density at radius 3 is 2.30 bits per heavy atom. The number of anilines is 1. The van der Waals surface area contributed by atoms with Crippen molar-refractivity contribution in [1.82, 2.24) is 4.72 Å². The van der Waals surface area contributed by atoms with Crippen molar-refractivity contribution in [3.63, 3.8) is 0 Å². The third kappa shape index (κ3) is 5.46. The Kier molecular flexibility index (Phi) is 6.87. The molecule has 0 aromatic heterocycles. The van der Waals surface area contributed by atoms with Crippen molar-refractivity contribution < 1.29 is 17.9 Å². The maximum atomic E-state index is 13.1. The number of benzene rings is 3. The van der Waals surface area contributed by atoms with Gasteiger partial charge in [-0.25, -0.2) is 13.1 Å². The van der Waals surface area contributed by atoms with E-state index in [1.54, 1.807) is 55.5 Å². The molecule has 0 aliphatic carbocycles. The largest absolute Gasteiger partial charge is 0.466 e. The minimum Gasteiger partial charge on any atom is -0.466 e. The number of nitrogens with two attached hydrogens (primary N) is 1. The van der Waals surface area contributed by atoms with Crippen LogP contribution in [0, 0.1) is 0 Å². The average molecular weight is 425 g/mol. The van der Waals surface area contributed by atoms with E-state index >= 15 is 0 Å². The van der Waals surface area contributed by atoms with Crippen LogP contribution in [0.15, 0.2) is 83.8 Å². The summed E-state index contributed by atoms with van der Waals surface area (Å²) in [7, 11) is -3.90. The summed E-state index contributed by atoms with van der Waals surface area (Å²) in [4.78, 5) is 12.2. The fourth-order valence-corrected chi connectivity index (χ4v) is 4.39. The summed E-state index contributed by atoms with van der Waals surface area (Å²) in [6.07, 6.45) is -0.105. The zero-order valence-corrected chi connectivity index (χ0v) is 17.4. The number of rotatable bonds is 8. The number of ether oxygens (including phenoxy) is 1. The monoisotopic (exact) mass is 424 g/mol. The first-order valence-corrected chi connectivity index (χ1v) is 11.1. The lowest BCUT2D eigenvalue weighted by Gasteiger charge is -2.19. The van der Waals surface area contributed by atoms with E-state index in [9.17, 15) is 13.2 Å². The third-order valence-electron chi connectivity index (χ3n) is 4.54. The fourth-order valence-electron chi connectivity index (χ4n) is 3.12. The van der Waals surface area contributed by atoms with Gasteiger partial charge in [-0.05, 0) is 47.9 Å². The Bertz CT molecular complexity index is 1110. The quantitative estimate of drug-likeness (QED) is 0.422. The first-order chi connectivity index (χ1) is 14.4. The normalized spacial score (nSPS) is 12.3. The molecule has 30 heavy (non-hydrogen) atoms. The van der Waals surface area contributed by atoms with Gasteiger partial charge in [-0.3, -0.25) is 4.79 Å². The molecule has 0 aliphatic heterocycles. The number of hydrogen-bond donors (Lipinski definition) is 2. The molecule has 0 heterocycles. The lowest BCUT2D eigenvalue weighted by molar-refractivity contribution is -0.143. The molecule has 0 spiro atoms. The summed E-state index contributed by atoms with van der Waals surface area (Å²) >= 11 is 0. The van der Waals surface area contributed by atoms with Gasteiger partial charge in [0.05, 0.1) is 24.0 Å². The Morgan fingerprint density at radius 1 is 0.967 bits per heavy atom. The van der Waals surface area contributed by atoms with Crippen LogP contribution in [0.2, 0.25) is 0 Å². The van der Waals surface area contributed by atoms with Gasteiger partial charge in [-0.1, -0.05) is 54.6 Å². The average Bonchev–Trinajstić information content (AvgIpc) is 2.74. The molecular weight excluding hydrogens is 400 g/mol. The standard InChI is InChI=1S/C23H24N2O4S/c1-2-29-23(26)16-22(17-8-4-3-5-9-17)25-30(27,28)21-13-7-11-19(15-21)18-10-6-12-20(24)14-18/h3-15,22,25H,2,16,24H2,1H3/t22-/m1/s1. The highest BCUT2D eigenvalue weighted by molar-refractivity contribution is 7.89. The molecule has 0 radical (unpaired) electrons. The van der Waals surface area contributed by atoms with Crippen molar-refractivity contribution >= 4 is 21.7 Å². The van der Waals surface area contributed by atoms with Crippen molar-refractivity contribution in [3.05, 3.63) is 84.4 Å². The summed E-state index contributed by atoms with van der Waals surface area (Å²) in [6.45, 7) is 1.94. The molecular formula is C23H24N2O4S. The van der Waals surface area contributed by atoms with Crippen LogP contribution in [-0.2, 0) is 19.6 Å². The number of nitrogen functional groups attached to an aromatic ring is 1. The molecule has 0 unspecified atom stereocenters. The van der Waals surface area contributed by atoms with E-state index in [4.69, 9.17) is 10.5 Å². The van der Waals surface area contributed by atoms with E-state index < -0.39 is 22.0 Å². The lowest BCUT2D eigenvalue weighted by Crippen LogP contribution is -2.30. The van der Waals surface area contributed by atoms with Crippen LogP contribution >= 0.6 is 0 Å². The summed E-state index contributed by atoms with van der Waals surface area (Å²) < 4.78 is 33.9. The molecule has 0 aliphatic rings. The van der Waals surface area contributed by atoms with E-state index in [2.05, 4.69) is 4.72 Å². The Balaban J connectivity index is 1.91. The van der Waals surface area contributed by atoms with Crippen LogP contribution in [-0.4, -0.2) is 21.0 Å². The van der Waals surface area contributed by atoms with Crippen LogP contribution in [0.3, 0.4) is 0 Å². The van der Waals surface area contributed by atoms with Crippen LogP contribution in [0.25, 0.3) is 11.1 Å². The van der Waals surface area contributed by atoms with Crippen LogP contribution in [0.5, 0.6) is 0 Å². The first-order valence-electron chi connectivity index (χ1n) is 9.58. The summed E-state index contributed by atoms with van der Waals surface area (Å²) in [5.74, 6) is -0.470. The molecule has 3 aromatic carbocycles. The van der Waals surface area contributed by atoms with Crippen LogP contribution in [0.1, 0.15) is 24.9 Å². The van der Waals surface area contributed by atoms with Crippen molar-refractivity contribution in [1.29, 1.82) is 0 Å². The molecule has 3 N–H and O–H groups in total. The van der Waals surface area contributed by atoms with E-state index in [1.807, 2.05) is 24.3 Å². The Hall–Kier alpha value is -3.16. The molecule has 1 atom stereocenters. The summed E-state index contributed by atoms with van der Waals surface area (Å²) in [5, 5.41) is 0. The number of carbonyl (C=O) groups excluding carboxylic acids is 1. The van der Waals surface area contributed by atoms with Gasteiger partial charge >= 0.3 is 5.97 Å². The van der Waals surface area contributed by atoms with Gasteiger partial charge in [0.1, 0.15) is 0 Å². The predicted molar refractivity (Wildman–Crippen MR) is 117 cm³/mol. The smallest absolute Gasteiger partial charge is 0.307 e. The SMILES string of the molecule is CCOC(=O)C[C@@H](NS(=O)(=O)c1cccc(-c2cccc(N)c2)c1)c1ccccc1. The molecule has 0 amide bonds. The van der Waals surface area contributed by atoms with E-state index in [1.165, 1.54) is 6.07 Å². The molecule has 0 bridgehead atoms. The van der Waals surface area contributed by atoms with Gasteiger partial charge in [0.15, 0.2) is 0 Å². The van der Waals surface area contributed by atoms with Gasteiger partial charge < -0.3 is 10.5 Å². The third-order valence-corrected chi connectivity index (χ3v) is 6.01. The molecule has 156 valence electrons. The van der Waals surface area contributed by atoms with Gasteiger partial charge in [-0.2, -0.15) is 0 Å². The molecule has 0 fully saturated rings. The molecule has 6 nitrogen and oxygen atoms in total. The second-order valence-electron chi connectivity index (χ2n) is 6.75. The number of carbonyl (C=O) groups is 1. The Morgan fingerprint density at radius 2 is 1.63 bits per heavy atom. The van der Waals surface area contributed by atoms with Crippen molar-refractivity contribution in [2.24, 2.45) is 0 Å². The maximum Gasteiger partial charge on any atom is 0.307 e. The van der Waals surface area contributed by atoms with E-state index in [0.717, 1.165) is 11.1 Å². The van der Waals surface area contributed by atoms with Crippen LogP contribution < -0.4 is 10.5 Å². The zero-order valence-electron chi connectivity index (χ0n) is 16.6. The van der Waals surface area contributed by atoms with E-state index in [-0.39, 0.29) is 17.9 Å². The number of hydrogen-bond acceptors (Lipinski definition) is 5. The Labute approximate surface area is 176 Å². The van der Waals surface area contributed by atoms with Crippen LogP contribution in [0.4, 0.5) is 5.69 Å². The topological polar surface area (TPSA) is 98.5 Å². The predicted octanol–water partition coefficient (Wildman–Crippen LogP) is 3.91. The van der Waals surface area contributed by atoms with Gasteiger partial charge in [0, 0.05) is 5.69 Å². The fraction of sp³-hybridized carbons (Fsp3) is 0.174. The number of nitrogens with one attached hydrogen (secondary N) is 1. The summed E-state index contributed by atoms with van der Waals surface area (Å²) in [6, 6.07) is 22.1. The van der Waals surface area contributed by atoms with Gasteiger partial charge in [-0.15, -0.1) is 0 Å². The van der Waals surface area contributed by atoms with Gasteiger partial charge in [0.25, 0.3) is 0 Å². The zero-order chi connectivity index (χ0) is 21.6. The molecule has 0 saturated carbocycles. The second kappa shape index (κ2) is 9.56. The highest BCUT2D eigenvalue weighted by Crippen LogP contribution is 2.26. The molecule has 7 heteroatoms. The maximum absolute atomic E-state index is 13.1. The summed E-state index contributed by atoms with van der Waals surface area (Å²) in [5.41, 5.74) is 8.67. The van der Waals surface area contributed by atoms with Crippen molar-refractivity contribution in [3.8, 4) is 11.1 Å². The molecule has 0 saturated heterocycles. The molecule has 3 aromatic rings. The number of esters is 1. The highest BCUT2D eigenvalue weighted by atomic mass is 32.2. The first kappa shape index (κ1) is 21.5. The van der Waals surface area contributed by atoms with Crippen molar-refractivity contribution in [2.75, 3.05) is 12.3 Å². The van der Waals surface area contributed by atoms with E-state index in [0.29, 0.717) is 11.3 Å². The second-order valence-corrected chi connectivity index (χ2v) is 8.46. The highest BCUT2D eigenvalue weighted by Gasteiger charge is 2.24. The minimum atomic E-state index is -3.90. The number of sulfonamides is 1. The van der Waals surface area contributed by atoms with Crippen molar-refractivity contribution in [2.45, 2.75) is 24.3 Å². The lowest BCUT2D eigenvalue weighted by atomic mass is 10.1.